The minimum absolute atomic E-state index is 0.113. The van der Waals surface area contributed by atoms with Crippen molar-refractivity contribution >= 4 is 5.78 Å². The van der Waals surface area contributed by atoms with Gasteiger partial charge in [-0.25, -0.2) is 0 Å². The fraction of sp³-hybridized carbons (Fsp3) is 0.562. The van der Waals surface area contributed by atoms with Crippen LogP contribution in [0.2, 0.25) is 0 Å². The fourth-order valence-corrected chi connectivity index (χ4v) is 2.53. The lowest BCUT2D eigenvalue weighted by atomic mass is 10.0. The van der Waals surface area contributed by atoms with E-state index in [0.717, 1.165) is 32.3 Å². The zero-order valence-corrected chi connectivity index (χ0v) is 12.2. The number of carbonyl (C=O) groups excluding carboxylic acids is 1. The van der Waals surface area contributed by atoms with Gasteiger partial charge in [0.15, 0.2) is 5.78 Å². The summed E-state index contributed by atoms with van der Waals surface area (Å²) in [5.74, 6) is 1.38. The molecule has 0 amide bonds. The van der Waals surface area contributed by atoms with Crippen LogP contribution in [0.25, 0.3) is 0 Å². The average Bonchev–Trinajstić information content (AvgIpc) is 2.99. The van der Waals surface area contributed by atoms with E-state index in [0.29, 0.717) is 29.6 Å². The van der Waals surface area contributed by atoms with Crippen LogP contribution in [0, 0.1) is 0 Å². The lowest BCUT2D eigenvalue weighted by molar-refractivity contribution is 0.0921. The molecule has 0 aliphatic carbocycles. The molecule has 1 fully saturated rings. The normalized spacial score (nSPS) is 18.0. The smallest absolute Gasteiger partial charge is 0.166 e. The van der Waals surface area contributed by atoms with Gasteiger partial charge in [-0.3, -0.25) is 4.79 Å². The number of carbonyl (C=O) groups is 1. The Morgan fingerprint density at radius 2 is 2.20 bits per heavy atom. The van der Waals surface area contributed by atoms with E-state index in [4.69, 9.17) is 14.2 Å². The first-order valence-corrected chi connectivity index (χ1v) is 7.11. The Bertz CT molecular complexity index is 450. The van der Waals surface area contributed by atoms with Gasteiger partial charge in [0.05, 0.1) is 25.9 Å². The molecule has 110 valence electrons. The molecule has 0 bridgehead atoms. The van der Waals surface area contributed by atoms with Crippen LogP contribution in [0.1, 0.15) is 42.5 Å². The van der Waals surface area contributed by atoms with Gasteiger partial charge in [0.2, 0.25) is 0 Å². The first-order valence-electron chi connectivity index (χ1n) is 7.11. The molecule has 4 nitrogen and oxygen atoms in total. The van der Waals surface area contributed by atoms with Crippen molar-refractivity contribution in [3.63, 3.8) is 0 Å². The van der Waals surface area contributed by atoms with E-state index in [9.17, 15) is 4.79 Å². The van der Waals surface area contributed by atoms with Crippen LogP contribution >= 0.6 is 0 Å². The second-order valence-corrected chi connectivity index (χ2v) is 5.02. The molecular formula is C16H22O4. The first-order chi connectivity index (χ1) is 9.74. The Labute approximate surface area is 120 Å². The molecule has 1 heterocycles. The van der Waals surface area contributed by atoms with Gasteiger partial charge in [0.1, 0.15) is 11.5 Å². The Kier molecular flexibility index (Phi) is 5.41. The van der Waals surface area contributed by atoms with Gasteiger partial charge in [-0.15, -0.1) is 0 Å². The maximum atomic E-state index is 12.2. The number of hydrogen-bond acceptors (Lipinski definition) is 4. The molecule has 1 atom stereocenters. The van der Waals surface area contributed by atoms with Crippen LogP contribution in [0.15, 0.2) is 18.2 Å². The third kappa shape index (κ3) is 3.73. The van der Waals surface area contributed by atoms with E-state index in [-0.39, 0.29) is 5.78 Å². The molecule has 1 unspecified atom stereocenters. The number of benzene rings is 1. The third-order valence-corrected chi connectivity index (χ3v) is 3.66. The Morgan fingerprint density at radius 3 is 2.85 bits per heavy atom. The van der Waals surface area contributed by atoms with E-state index in [1.165, 1.54) is 0 Å². The molecule has 1 aromatic rings. The van der Waals surface area contributed by atoms with Crippen LogP contribution < -0.4 is 9.47 Å². The molecule has 20 heavy (non-hydrogen) atoms. The van der Waals surface area contributed by atoms with Crippen LogP contribution in [0.3, 0.4) is 0 Å². The van der Waals surface area contributed by atoms with E-state index in [1.54, 1.807) is 32.4 Å². The summed E-state index contributed by atoms with van der Waals surface area (Å²) in [6.45, 7) is 0.866. The first kappa shape index (κ1) is 14.9. The molecule has 0 saturated carbocycles. The summed E-state index contributed by atoms with van der Waals surface area (Å²) in [6, 6.07) is 5.30. The van der Waals surface area contributed by atoms with Gasteiger partial charge in [0, 0.05) is 19.1 Å². The van der Waals surface area contributed by atoms with E-state index >= 15 is 0 Å². The highest BCUT2D eigenvalue weighted by molar-refractivity contribution is 5.98. The molecule has 4 heteroatoms. The third-order valence-electron chi connectivity index (χ3n) is 3.66. The molecule has 1 aliphatic rings. The summed E-state index contributed by atoms with van der Waals surface area (Å²) in [7, 11) is 3.16. The average molecular weight is 278 g/mol. The van der Waals surface area contributed by atoms with Gasteiger partial charge in [-0.1, -0.05) is 0 Å². The number of methoxy groups -OCH3 is 2. The summed E-state index contributed by atoms with van der Waals surface area (Å²) in [6.07, 6.45) is 4.97. The standard InChI is InChI=1S/C16H22O4/c1-18-13-8-9-14(16(11-13)19-2)15(17)7-3-5-12-6-4-10-20-12/h8-9,11-12H,3-7,10H2,1-2H3. The quantitative estimate of drug-likeness (QED) is 0.718. The zero-order chi connectivity index (χ0) is 14.4. The summed E-state index contributed by atoms with van der Waals surface area (Å²) in [4.78, 5) is 12.2. The van der Waals surface area contributed by atoms with Crippen LogP contribution in [-0.4, -0.2) is 32.7 Å². The minimum Gasteiger partial charge on any atom is -0.497 e. The number of ketones is 1. The maximum Gasteiger partial charge on any atom is 0.166 e. The molecule has 1 aromatic carbocycles. The summed E-state index contributed by atoms with van der Waals surface area (Å²) < 4.78 is 16.0. The summed E-state index contributed by atoms with van der Waals surface area (Å²) >= 11 is 0. The Balaban J connectivity index is 1.90. The van der Waals surface area contributed by atoms with Crippen molar-refractivity contribution in [1.29, 1.82) is 0 Å². The van der Waals surface area contributed by atoms with Gasteiger partial charge in [-0.05, 0) is 37.8 Å². The Morgan fingerprint density at radius 1 is 1.35 bits per heavy atom. The zero-order valence-electron chi connectivity index (χ0n) is 12.2. The highest BCUT2D eigenvalue weighted by Crippen LogP contribution is 2.26. The number of rotatable bonds is 7. The Hall–Kier alpha value is -1.55. The van der Waals surface area contributed by atoms with Crippen molar-refractivity contribution in [3.05, 3.63) is 23.8 Å². The fourth-order valence-electron chi connectivity index (χ4n) is 2.53. The molecular weight excluding hydrogens is 256 g/mol. The van der Waals surface area contributed by atoms with Crippen LogP contribution in [0.5, 0.6) is 11.5 Å². The van der Waals surface area contributed by atoms with Gasteiger partial charge >= 0.3 is 0 Å². The molecule has 0 aromatic heterocycles. The lowest BCUT2D eigenvalue weighted by Gasteiger charge is -2.11. The summed E-state index contributed by atoms with van der Waals surface area (Å²) in [5, 5.41) is 0. The minimum atomic E-state index is 0.113. The van der Waals surface area contributed by atoms with Crippen LogP contribution in [0.4, 0.5) is 0 Å². The molecule has 1 saturated heterocycles. The van der Waals surface area contributed by atoms with Gasteiger partial charge < -0.3 is 14.2 Å². The maximum absolute atomic E-state index is 12.2. The topological polar surface area (TPSA) is 44.8 Å². The molecule has 1 aliphatic heterocycles. The molecule has 0 spiro atoms. The van der Waals surface area contributed by atoms with Crippen molar-refractivity contribution in [2.24, 2.45) is 0 Å². The second-order valence-electron chi connectivity index (χ2n) is 5.02. The highest BCUT2D eigenvalue weighted by atomic mass is 16.5. The highest BCUT2D eigenvalue weighted by Gasteiger charge is 2.17. The second kappa shape index (κ2) is 7.29. The number of ether oxygens (including phenoxy) is 3. The van der Waals surface area contributed by atoms with Crippen molar-refractivity contribution in [1.82, 2.24) is 0 Å². The van der Waals surface area contributed by atoms with Crippen molar-refractivity contribution in [2.45, 2.75) is 38.2 Å². The van der Waals surface area contributed by atoms with Gasteiger partial charge in [-0.2, -0.15) is 0 Å². The van der Waals surface area contributed by atoms with Gasteiger partial charge in [0.25, 0.3) is 0 Å². The largest absolute Gasteiger partial charge is 0.497 e. The van der Waals surface area contributed by atoms with Crippen molar-refractivity contribution in [3.8, 4) is 11.5 Å². The SMILES string of the molecule is COc1ccc(C(=O)CCCC2CCCO2)c(OC)c1. The lowest BCUT2D eigenvalue weighted by Crippen LogP contribution is -2.07. The van der Waals surface area contributed by atoms with E-state index in [1.807, 2.05) is 0 Å². The predicted molar refractivity (Wildman–Crippen MR) is 76.7 cm³/mol. The van der Waals surface area contributed by atoms with E-state index < -0.39 is 0 Å². The van der Waals surface area contributed by atoms with E-state index in [2.05, 4.69) is 0 Å². The van der Waals surface area contributed by atoms with Crippen molar-refractivity contribution < 1.29 is 19.0 Å². The number of Topliss-reactive ketones (excluding diaryl/α,β-unsaturated/α-hetero) is 1. The molecule has 0 N–H and O–H groups in total. The predicted octanol–water partition coefficient (Wildman–Crippen LogP) is 3.24. The van der Waals surface area contributed by atoms with Crippen molar-refractivity contribution in [2.75, 3.05) is 20.8 Å². The summed E-state index contributed by atoms with van der Waals surface area (Å²) in [5.41, 5.74) is 0.626. The molecule has 0 radical (unpaired) electrons. The number of hydrogen-bond donors (Lipinski definition) is 0. The molecule has 2 rings (SSSR count). The monoisotopic (exact) mass is 278 g/mol. The van der Waals surface area contributed by atoms with Crippen LogP contribution in [-0.2, 0) is 4.74 Å².